The second-order valence-electron chi connectivity index (χ2n) is 3.17. The Hall–Kier alpha value is -2.00. The normalized spacial score (nSPS) is 12.4. The molecule has 1 aromatic heterocycles. The van der Waals surface area contributed by atoms with E-state index in [0.29, 0.717) is 7.11 Å². The number of methoxy groups -OCH3 is 1. The Kier molecular flexibility index (Phi) is 3.64. The Labute approximate surface area is 100 Å². The van der Waals surface area contributed by atoms with Crippen LogP contribution in [-0.4, -0.2) is 13.1 Å². The maximum atomic E-state index is 12.5. The summed E-state index contributed by atoms with van der Waals surface area (Å²) in [7, 11) is 0.666. The van der Waals surface area contributed by atoms with Crippen LogP contribution in [-0.2, 0) is 17.1 Å². The highest BCUT2D eigenvalue weighted by molar-refractivity contribution is 5.90. The third-order valence-electron chi connectivity index (χ3n) is 1.87. The van der Waals surface area contributed by atoms with Crippen molar-refractivity contribution in [3.63, 3.8) is 0 Å². The number of alkyl halides is 6. The molecule has 4 nitrogen and oxygen atoms in total. The van der Waals surface area contributed by atoms with Gasteiger partial charge in [-0.2, -0.15) is 26.3 Å². The predicted octanol–water partition coefficient (Wildman–Crippen LogP) is 2.46. The van der Waals surface area contributed by atoms with Crippen molar-refractivity contribution in [3.05, 3.63) is 33.4 Å². The van der Waals surface area contributed by atoms with Crippen molar-refractivity contribution in [2.75, 3.05) is 7.11 Å². The number of carbonyl (C=O) groups excluding carboxylic acids is 1. The third-order valence-corrected chi connectivity index (χ3v) is 1.87. The number of carbonyl (C=O) groups is 1. The van der Waals surface area contributed by atoms with Crippen LogP contribution in [0.25, 0.3) is 0 Å². The van der Waals surface area contributed by atoms with Crippen molar-refractivity contribution in [2.45, 2.75) is 12.4 Å². The molecule has 1 heterocycles. The standard InChI is InChI=1S/C9H4F6O4/c1-18-7(17)5-3(16)2-4(8(10,11)12)19-6(5)9(13,14)15/h2H,1H3. The monoisotopic (exact) mass is 290 g/mol. The van der Waals surface area contributed by atoms with Gasteiger partial charge in [-0.15, -0.1) is 0 Å². The van der Waals surface area contributed by atoms with Gasteiger partial charge in [0.15, 0.2) is 5.56 Å². The van der Waals surface area contributed by atoms with E-state index in [9.17, 15) is 35.9 Å². The summed E-state index contributed by atoms with van der Waals surface area (Å²) in [5.74, 6) is -6.24. The van der Waals surface area contributed by atoms with E-state index < -0.39 is 40.8 Å². The zero-order valence-corrected chi connectivity index (χ0v) is 8.98. The Morgan fingerprint density at radius 3 is 2.05 bits per heavy atom. The van der Waals surface area contributed by atoms with Crippen LogP contribution in [0.2, 0.25) is 0 Å². The molecular formula is C9H4F6O4. The predicted molar refractivity (Wildman–Crippen MR) is 46.3 cm³/mol. The fraction of sp³-hybridized carbons (Fsp3) is 0.333. The molecule has 0 aliphatic carbocycles. The topological polar surface area (TPSA) is 56.5 Å². The first-order valence-corrected chi connectivity index (χ1v) is 4.39. The number of hydrogen-bond acceptors (Lipinski definition) is 4. The zero-order chi connectivity index (χ0) is 15.0. The van der Waals surface area contributed by atoms with E-state index in [1.165, 1.54) is 0 Å². The van der Waals surface area contributed by atoms with Gasteiger partial charge in [0.25, 0.3) is 0 Å². The first kappa shape index (κ1) is 15.1. The zero-order valence-electron chi connectivity index (χ0n) is 8.98. The summed E-state index contributed by atoms with van der Waals surface area (Å²) >= 11 is 0. The van der Waals surface area contributed by atoms with Gasteiger partial charge < -0.3 is 9.15 Å². The van der Waals surface area contributed by atoms with E-state index >= 15 is 0 Å². The number of rotatable bonds is 1. The molecule has 10 heteroatoms. The van der Waals surface area contributed by atoms with Crippen LogP contribution in [0, 0.1) is 0 Å². The van der Waals surface area contributed by atoms with E-state index in [-0.39, 0.29) is 6.07 Å². The largest absolute Gasteiger partial charge is 0.465 e. The number of esters is 1. The lowest BCUT2D eigenvalue weighted by Gasteiger charge is -2.12. The minimum absolute atomic E-state index is 0.249. The van der Waals surface area contributed by atoms with Crippen molar-refractivity contribution in [1.29, 1.82) is 0 Å². The van der Waals surface area contributed by atoms with E-state index in [1.54, 1.807) is 0 Å². The lowest BCUT2D eigenvalue weighted by Crippen LogP contribution is -2.25. The highest BCUT2D eigenvalue weighted by Crippen LogP contribution is 2.36. The summed E-state index contributed by atoms with van der Waals surface area (Å²) in [4.78, 5) is 22.2. The van der Waals surface area contributed by atoms with Gasteiger partial charge in [0.05, 0.1) is 7.11 Å². The minimum Gasteiger partial charge on any atom is -0.465 e. The molecule has 0 aromatic carbocycles. The number of hydrogen-bond donors (Lipinski definition) is 0. The van der Waals surface area contributed by atoms with Gasteiger partial charge in [-0.1, -0.05) is 0 Å². The molecule has 0 spiro atoms. The third kappa shape index (κ3) is 3.06. The van der Waals surface area contributed by atoms with Crippen LogP contribution in [0.1, 0.15) is 21.9 Å². The van der Waals surface area contributed by atoms with Crippen LogP contribution in [0.3, 0.4) is 0 Å². The minimum atomic E-state index is -5.45. The van der Waals surface area contributed by atoms with Gasteiger partial charge in [0.2, 0.25) is 16.9 Å². The summed E-state index contributed by atoms with van der Waals surface area (Å²) < 4.78 is 81.6. The van der Waals surface area contributed by atoms with Crippen LogP contribution in [0.4, 0.5) is 26.3 Å². The SMILES string of the molecule is COC(=O)c1c(C(F)(F)F)oc(C(F)(F)F)cc1=O. The summed E-state index contributed by atoms with van der Waals surface area (Å²) in [6.07, 6.45) is -10.8. The Morgan fingerprint density at radius 1 is 1.16 bits per heavy atom. The van der Waals surface area contributed by atoms with Crippen molar-refractivity contribution in [3.8, 4) is 0 Å². The molecule has 0 aliphatic rings. The summed E-state index contributed by atoms with van der Waals surface area (Å²) in [6, 6.07) is -0.249. The molecule has 0 unspecified atom stereocenters. The van der Waals surface area contributed by atoms with E-state index in [4.69, 9.17) is 0 Å². The lowest BCUT2D eigenvalue weighted by molar-refractivity contribution is -0.174. The number of ether oxygens (including phenoxy) is 1. The molecule has 0 saturated heterocycles. The van der Waals surface area contributed by atoms with Gasteiger partial charge in [0.1, 0.15) is 0 Å². The molecule has 0 atom stereocenters. The van der Waals surface area contributed by atoms with Gasteiger partial charge >= 0.3 is 18.3 Å². The summed E-state index contributed by atoms with van der Waals surface area (Å²) in [5, 5.41) is 0. The van der Waals surface area contributed by atoms with Gasteiger partial charge in [0, 0.05) is 6.07 Å². The molecular weight excluding hydrogens is 286 g/mol. The lowest BCUT2D eigenvalue weighted by atomic mass is 10.2. The second-order valence-corrected chi connectivity index (χ2v) is 3.17. The van der Waals surface area contributed by atoms with Gasteiger partial charge in [-0.3, -0.25) is 4.79 Å². The van der Waals surface area contributed by atoms with Crippen molar-refractivity contribution < 1.29 is 40.3 Å². The molecule has 1 aromatic rings. The molecule has 19 heavy (non-hydrogen) atoms. The molecule has 0 fully saturated rings. The summed E-state index contributed by atoms with van der Waals surface area (Å²) in [5.41, 5.74) is -3.43. The highest BCUT2D eigenvalue weighted by atomic mass is 19.4. The molecule has 106 valence electrons. The van der Waals surface area contributed by atoms with E-state index in [1.807, 2.05) is 0 Å². The van der Waals surface area contributed by atoms with Gasteiger partial charge in [-0.25, -0.2) is 4.79 Å². The molecule has 0 N–H and O–H groups in total. The average Bonchev–Trinajstić information content (AvgIpc) is 2.24. The van der Waals surface area contributed by atoms with Crippen LogP contribution in [0.15, 0.2) is 15.3 Å². The quantitative estimate of drug-likeness (QED) is 0.589. The first-order chi connectivity index (χ1) is 8.48. The van der Waals surface area contributed by atoms with Crippen molar-refractivity contribution in [1.82, 2.24) is 0 Å². The fourth-order valence-corrected chi connectivity index (χ4v) is 1.13. The highest BCUT2D eigenvalue weighted by Gasteiger charge is 2.44. The average molecular weight is 290 g/mol. The van der Waals surface area contributed by atoms with Crippen LogP contribution < -0.4 is 5.43 Å². The van der Waals surface area contributed by atoms with Gasteiger partial charge in [-0.05, 0) is 0 Å². The molecule has 0 aliphatic heterocycles. The van der Waals surface area contributed by atoms with Crippen LogP contribution >= 0.6 is 0 Å². The molecule has 0 amide bonds. The number of halogens is 6. The maximum Gasteiger partial charge on any atom is 0.450 e. The second kappa shape index (κ2) is 4.59. The van der Waals surface area contributed by atoms with Crippen LogP contribution in [0.5, 0.6) is 0 Å². The Bertz CT molecular complexity index is 553. The van der Waals surface area contributed by atoms with Crippen molar-refractivity contribution >= 4 is 5.97 Å². The van der Waals surface area contributed by atoms with E-state index in [2.05, 4.69) is 9.15 Å². The maximum absolute atomic E-state index is 12.5. The fourth-order valence-electron chi connectivity index (χ4n) is 1.13. The molecule has 1 rings (SSSR count). The molecule has 0 radical (unpaired) electrons. The summed E-state index contributed by atoms with van der Waals surface area (Å²) in [6.45, 7) is 0. The van der Waals surface area contributed by atoms with E-state index in [0.717, 1.165) is 0 Å². The first-order valence-electron chi connectivity index (χ1n) is 4.39. The Balaban J connectivity index is 3.68. The Morgan fingerprint density at radius 2 is 1.68 bits per heavy atom. The smallest absolute Gasteiger partial charge is 0.450 e. The molecule has 0 saturated carbocycles. The molecule has 0 bridgehead atoms. The van der Waals surface area contributed by atoms with Crippen molar-refractivity contribution in [2.24, 2.45) is 0 Å².